The van der Waals surface area contributed by atoms with E-state index >= 15 is 0 Å². The van der Waals surface area contributed by atoms with Crippen molar-refractivity contribution in [2.75, 3.05) is 13.2 Å². The molecule has 0 radical (unpaired) electrons. The fourth-order valence-corrected chi connectivity index (χ4v) is 2.32. The molecular formula is C13H16N4O. The lowest BCUT2D eigenvalue weighted by atomic mass is 10.1. The number of nitrogens with zero attached hydrogens (tertiary/aromatic N) is 3. The first-order valence-corrected chi connectivity index (χ1v) is 6.17. The Kier molecular flexibility index (Phi) is 3.08. The molecule has 1 saturated heterocycles. The third-order valence-electron chi connectivity index (χ3n) is 3.25. The van der Waals surface area contributed by atoms with Crippen LogP contribution >= 0.6 is 0 Å². The number of benzene rings is 1. The van der Waals surface area contributed by atoms with E-state index < -0.39 is 0 Å². The molecule has 2 heterocycles. The van der Waals surface area contributed by atoms with Crippen LogP contribution in [0.2, 0.25) is 0 Å². The van der Waals surface area contributed by atoms with Crippen molar-refractivity contribution in [1.29, 1.82) is 0 Å². The van der Waals surface area contributed by atoms with Crippen LogP contribution < -0.4 is 5.73 Å². The normalized spacial score (nSPS) is 19.3. The van der Waals surface area contributed by atoms with E-state index in [-0.39, 0.29) is 0 Å². The number of hydrogen-bond acceptors (Lipinski definition) is 4. The minimum absolute atomic E-state index is 0.318. The zero-order valence-electron chi connectivity index (χ0n) is 10.1. The van der Waals surface area contributed by atoms with E-state index in [2.05, 4.69) is 14.8 Å². The molecule has 1 aromatic carbocycles. The van der Waals surface area contributed by atoms with E-state index in [0.29, 0.717) is 12.5 Å². The van der Waals surface area contributed by atoms with Gasteiger partial charge in [0.25, 0.3) is 0 Å². The smallest absolute Gasteiger partial charge is 0.151 e. The van der Waals surface area contributed by atoms with Gasteiger partial charge < -0.3 is 10.5 Å². The van der Waals surface area contributed by atoms with Gasteiger partial charge in [0.05, 0.1) is 13.2 Å². The van der Waals surface area contributed by atoms with Crippen LogP contribution in [0.3, 0.4) is 0 Å². The van der Waals surface area contributed by atoms with Crippen LogP contribution in [0.15, 0.2) is 30.3 Å². The molecule has 2 aromatic rings. The Morgan fingerprint density at radius 3 is 2.78 bits per heavy atom. The highest BCUT2D eigenvalue weighted by Crippen LogP contribution is 2.26. The Bertz CT molecular complexity index is 517. The predicted octanol–water partition coefficient (Wildman–Crippen LogP) is 1.23. The Morgan fingerprint density at radius 2 is 2.11 bits per heavy atom. The molecule has 94 valence electrons. The van der Waals surface area contributed by atoms with E-state index in [1.54, 1.807) is 0 Å². The summed E-state index contributed by atoms with van der Waals surface area (Å²) in [5.74, 6) is 2.07. The number of aromatic nitrogens is 3. The average molecular weight is 244 g/mol. The maximum absolute atomic E-state index is 5.75. The summed E-state index contributed by atoms with van der Waals surface area (Å²) >= 11 is 0. The Morgan fingerprint density at radius 1 is 1.28 bits per heavy atom. The zero-order valence-corrected chi connectivity index (χ0v) is 10.1. The molecule has 5 heteroatoms. The third-order valence-corrected chi connectivity index (χ3v) is 3.25. The second kappa shape index (κ2) is 4.88. The molecule has 0 bridgehead atoms. The van der Waals surface area contributed by atoms with Gasteiger partial charge in [-0.05, 0) is 18.6 Å². The summed E-state index contributed by atoms with van der Waals surface area (Å²) in [4.78, 5) is 0. The van der Waals surface area contributed by atoms with Crippen molar-refractivity contribution in [2.45, 2.75) is 18.9 Å². The SMILES string of the molecule is NCc1nnc(C2CCOC2)n1-c1ccccc1. The molecule has 1 aliphatic heterocycles. The molecule has 2 N–H and O–H groups in total. The Labute approximate surface area is 106 Å². The van der Waals surface area contributed by atoms with Crippen LogP contribution in [0.4, 0.5) is 0 Å². The van der Waals surface area contributed by atoms with Crippen molar-refractivity contribution < 1.29 is 4.74 Å². The van der Waals surface area contributed by atoms with Crippen molar-refractivity contribution >= 4 is 0 Å². The highest BCUT2D eigenvalue weighted by atomic mass is 16.5. The highest BCUT2D eigenvalue weighted by molar-refractivity contribution is 5.34. The largest absolute Gasteiger partial charge is 0.381 e. The summed E-state index contributed by atoms with van der Waals surface area (Å²) < 4.78 is 7.49. The minimum Gasteiger partial charge on any atom is -0.381 e. The monoisotopic (exact) mass is 244 g/mol. The van der Waals surface area contributed by atoms with Gasteiger partial charge in [0, 0.05) is 18.2 Å². The number of nitrogens with two attached hydrogens (primary N) is 1. The zero-order chi connectivity index (χ0) is 12.4. The first kappa shape index (κ1) is 11.4. The molecule has 0 amide bonds. The van der Waals surface area contributed by atoms with E-state index in [0.717, 1.165) is 37.0 Å². The standard InChI is InChI=1S/C13H16N4O/c14-8-12-15-16-13(10-6-7-18-9-10)17(12)11-4-2-1-3-5-11/h1-5,10H,6-9,14H2. The van der Waals surface area contributed by atoms with E-state index in [9.17, 15) is 0 Å². The summed E-state index contributed by atoms with van der Waals surface area (Å²) in [7, 11) is 0. The van der Waals surface area contributed by atoms with Gasteiger partial charge in [-0.2, -0.15) is 0 Å². The lowest BCUT2D eigenvalue weighted by Gasteiger charge is -2.12. The Hall–Kier alpha value is -1.72. The summed E-state index contributed by atoms with van der Waals surface area (Å²) in [6.45, 7) is 1.90. The van der Waals surface area contributed by atoms with Gasteiger partial charge in [0.2, 0.25) is 0 Å². The van der Waals surface area contributed by atoms with Crippen molar-refractivity contribution in [3.63, 3.8) is 0 Å². The molecule has 18 heavy (non-hydrogen) atoms. The number of ether oxygens (including phenoxy) is 1. The van der Waals surface area contributed by atoms with E-state index in [1.165, 1.54) is 0 Å². The Balaban J connectivity index is 2.07. The van der Waals surface area contributed by atoms with Crippen LogP contribution in [0.5, 0.6) is 0 Å². The fourth-order valence-electron chi connectivity index (χ4n) is 2.32. The molecule has 1 aliphatic rings. The number of para-hydroxylation sites is 1. The van der Waals surface area contributed by atoms with Crippen LogP contribution in [-0.4, -0.2) is 28.0 Å². The quantitative estimate of drug-likeness (QED) is 0.882. The molecule has 1 aromatic heterocycles. The van der Waals surface area contributed by atoms with Gasteiger partial charge in [-0.3, -0.25) is 4.57 Å². The van der Waals surface area contributed by atoms with Gasteiger partial charge in [-0.25, -0.2) is 0 Å². The summed E-state index contributed by atoms with van der Waals surface area (Å²) in [5, 5.41) is 8.49. The first-order chi connectivity index (χ1) is 8.90. The highest BCUT2D eigenvalue weighted by Gasteiger charge is 2.25. The van der Waals surface area contributed by atoms with Gasteiger partial charge in [0.1, 0.15) is 5.82 Å². The molecule has 0 aliphatic carbocycles. The summed E-state index contributed by atoms with van der Waals surface area (Å²) in [5.41, 5.74) is 6.81. The molecule has 3 rings (SSSR count). The molecule has 5 nitrogen and oxygen atoms in total. The first-order valence-electron chi connectivity index (χ1n) is 6.17. The van der Waals surface area contributed by atoms with Crippen molar-refractivity contribution in [3.8, 4) is 5.69 Å². The summed E-state index contributed by atoms with van der Waals surface area (Å²) in [6.07, 6.45) is 0.996. The van der Waals surface area contributed by atoms with Gasteiger partial charge in [-0.1, -0.05) is 18.2 Å². The van der Waals surface area contributed by atoms with Crippen LogP contribution in [0.1, 0.15) is 24.0 Å². The van der Waals surface area contributed by atoms with Crippen molar-refractivity contribution in [1.82, 2.24) is 14.8 Å². The molecule has 0 saturated carbocycles. The third kappa shape index (κ3) is 1.91. The lowest BCUT2D eigenvalue weighted by molar-refractivity contribution is 0.193. The predicted molar refractivity (Wildman–Crippen MR) is 67.4 cm³/mol. The number of rotatable bonds is 3. The van der Waals surface area contributed by atoms with Gasteiger partial charge >= 0.3 is 0 Å². The van der Waals surface area contributed by atoms with Gasteiger partial charge in [-0.15, -0.1) is 10.2 Å². The molecule has 1 unspecified atom stereocenters. The van der Waals surface area contributed by atoms with E-state index in [1.807, 2.05) is 30.3 Å². The van der Waals surface area contributed by atoms with Crippen molar-refractivity contribution in [3.05, 3.63) is 42.0 Å². The lowest BCUT2D eigenvalue weighted by Crippen LogP contribution is -2.12. The molecular weight excluding hydrogens is 228 g/mol. The topological polar surface area (TPSA) is 66.0 Å². The van der Waals surface area contributed by atoms with Crippen LogP contribution in [-0.2, 0) is 11.3 Å². The fraction of sp³-hybridized carbons (Fsp3) is 0.385. The molecule has 0 spiro atoms. The maximum Gasteiger partial charge on any atom is 0.151 e. The van der Waals surface area contributed by atoms with Gasteiger partial charge in [0.15, 0.2) is 5.82 Å². The second-order valence-corrected chi connectivity index (χ2v) is 4.41. The number of hydrogen-bond donors (Lipinski definition) is 1. The maximum atomic E-state index is 5.75. The summed E-state index contributed by atoms with van der Waals surface area (Å²) in [6, 6.07) is 10.1. The minimum atomic E-state index is 0.318. The van der Waals surface area contributed by atoms with Crippen molar-refractivity contribution in [2.24, 2.45) is 5.73 Å². The average Bonchev–Trinajstić information content (AvgIpc) is 3.08. The molecule has 1 fully saturated rings. The van der Waals surface area contributed by atoms with E-state index in [4.69, 9.17) is 10.5 Å². The van der Waals surface area contributed by atoms with Crippen LogP contribution in [0, 0.1) is 0 Å². The van der Waals surface area contributed by atoms with Crippen LogP contribution in [0.25, 0.3) is 5.69 Å². The molecule has 1 atom stereocenters. The second-order valence-electron chi connectivity index (χ2n) is 4.41.